The first-order valence-electron chi connectivity index (χ1n) is 8.70. The van der Waals surface area contributed by atoms with E-state index in [0.29, 0.717) is 28.8 Å². The van der Waals surface area contributed by atoms with E-state index in [9.17, 15) is 17.6 Å². The first-order valence-corrected chi connectivity index (χ1v) is 10.9. The fourth-order valence-electron chi connectivity index (χ4n) is 2.80. The van der Waals surface area contributed by atoms with E-state index in [1.54, 1.807) is 19.1 Å². The number of ether oxygens (including phenoxy) is 1. The van der Waals surface area contributed by atoms with Crippen LogP contribution in [-0.4, -0.2) is 44.9 Å². The average Bonchev–Trinajstić information content (AvgIpc) is 2.69. The number of carbonyl (C=O) groups is 1. The summed E-state index contributed by atoms with van der Waals surface area (Å²) in [4.78, 5) is 12.5. The summed E-state index contributed by atoms with van der Waals surface area (Å²) >= 11 is 3.26. The number of benzene rings is 2. The number of carbonyl (C=O) groups excluding carboxylic acids is 1. The third-order valence-electron chi connectivity index (χ3n) is 4.47. The molecule has 1 heterocycles. The predicted octanol–water partition coefficient (Wildman–Crippen LogP) is 2.85. The predicted molar refractivity (Wildman–Crippen MR) is 106 cm³/mol. The van der Waals surface area contributed by atoms with E-state index in [-0.39, 0.29) is 35.9 Å². The number of nitrogens with zero attached hydrogens (tertiary/aromatic N) is 1. The molecule has 1 N–H and O–H groups in total. The second-order valence-corrected chi connectivity index (χ2v) is 9.19. The lowest BCUT2D eigenvalue weighted by Gasteiger charge is -2.26. The number of aryl methyl sites for hydroxylation is 1. The Kier molecular flexibility index (Phi) is 6.49. The number of nitrogens with one attached hydrogen (secondary N) is 1. The minimum Gasteiger partial charge on any atom is -0.379 e. The molecule has 1 aliphatic heterocycles. The molecule has 0 atom stereocenters. The van der Waals surface area contributed by atoms with Gasteiger partial charge < -0.3 is 10.1 Å². The summed E-state index contributed by atoms with van der Waals surface area (Å²) < 4.78 is 46.4. The summed E-state index contributed by atoms with van der Waals surface area (Å²) in [6.45, 7) is 3.01. The van der Waals surface area contributed by atoms with Crippen LogP contribution in [0.25, 0.3) is 0 Å². The first kappa shape index (κ1) is 20.9. The van der Waals surface area contributed by atoms with Gasteiger partial charge in [0, 0.05) is 29.7 Å². The van der Waals surface area contributed by atoms with E-state index in [2.05, 4.69) is 21.2 Å². The Morgan fingerprint density at radius 3 is 2.61 bits per heavy atom. The van der Waals surface area contributed by atoms with Crippen LogP contribution in [0.4, 0.5) is 4.39 Å². The molecule has 9 heteroatoms. The van der Waals surface area contributed by atoms with Crippen molar-refractivity contribution in [1.29, 1.82) is 0 Å². The van der Waals surface area contributed by atoms with Crippen molar-refractivity contribution in [3.8, 4) is 0 Å². The van der Waals surface area contributed by atoms with Crippen molar-refractivity contribution in [2.45, 2.75) is 18.4 Å². The normalized spacial score (nSPS) is 15.4. The Morgan fingerprint density at radius 2 is 1.93 bits per heavy atom. The number of morpholine rings is 1. The number of halogens is 2. The molecule has 150 valence electrons. The van der Waals surface area contributed by atoms with E-state index in [0.717, 1.165) is 0 Å². The average molecular weight is 471 g/mol. The maximum Gasteiger partial charge on any atom is 0.251 e. The highest BCUT2D eigenvalue weighted by Gasteiger charge is 2.29. The van der Waals surface area contributed by atoms with Crippen LogP contribution in [0.5, 0.6) is 0 Å². The summed E-state index contributed by atoms with van der Waals surface area (Å²) in [7, 11) is -3.75. The van der Waals surface area contributed by atoms with Gasteiger partial charge in [0.2, 0.25) is 10.0 Å². The van der Waals surface area contributed by atoms with Crippen molar-refractivity contribution < 1.29 is 22.3 Å². The fourth-order valence-corrected chi connectivity index (χ4v) is 5.16. The summed E-state index contributed by atoms with van der Waals surface area (Å²) in [5.74, 6) is -0.777. The van der Waals surface area contributed by atoms with E-state index < -0.39 is 15.9 Å². The van der Waals surface area contributed by atoms with Gasteiger partial charge in [0.25, 0.3) is 5.91 Å². The van der Waals surface area contributed by atoms with Gasteiger partial charge in [-0.25, -0.2) is 12.8 Å². The number of hydrogen-bond donors (Lipinski definition) is 1. The van der Waals surface area contributed by atoms with Crippen LogP contribution in [0.3, 0.4) is 0 Å². The maximum absolute atomic E-state index is 13.6. The highest BCUT2D eigenvalue weighted by molar-refractivity contribution is 9.10. The van der Waals surface area contributed by atoms with Gasteiger partial charge >= 0.3 is 0 Å². The van der Waals surface area contributed by atoms with E-state index in [1.807, 2.05) is 0 Å². The van der Waals surface area contributed by atoms with Gasteiger partial charge in [-0.1, -0.05) is 12.1 Å². The summed E-state index contributed by atoms with van der Waals surface area (Å²) in [6.07, 6.45) is 0. The van der Waals surface area contributed by atoms with Crippen LogP contribution in [-0.2, 0) is 21.3 Å². The number of sulfonamides is 1. The molecule has 0 unspecified atom stereocenters. The highest BCUT2D eigenvalue weighted by Crippen LogP contribution is 2.27. The third-order valence-corrected chi connectivity index (χ3v) is 7.36. The SMILES string of the molecule is Cc1ccc(CNC(=O)c2ccc(Br)c(S(=O)(=O)N3CCOCC3)c2)cc1F. The molecule has 0 bridgehead atoms. The van der Waals surface area contributed by atoms with Crippen molar-refractivity contribution in [3.05, 3.63) is 63.4 Å². The highest BCUT2D eigenvalue weighted by atomic mass is 79.9. The summed E-state index contributed by atoms with van der Waals surface area (Å²) in [6, 6.07) is 9.16. The fraction of sp³-hybridized carbons (Fsp3) is 0.316. The lowest BCUT2D eigenvalue weighted by Crippen LogP contribution is -2.40. The molecular weight excluding hydrogens is 451 g/mol. The number of amides is 1. The van der Waals surface area contributed by atoms with Crippen molar-refractivity contribution in [3.63, 3.8) is 0 Å². The first-order chi connectivity index (χ1) is 13.3. The van der Waals surface area contributed by atoms with E-state index >= 15 is 0 Å². The quantitative estimate of drug-likeness (QED) is 0.728. The molecule has 2 aromatic carbocycles. The Balaban J connectivity index is 1.78. The van der Waals surface area contributed by atoms with Crippen molar-refractivity contribution in [2.75, 3.05) is 26.3 Å². The molecule has 1 saturated heterocycles. The van der Waals surface area contributed by atoms with Crippen LogP contribution in [0.15, 0.2) is 45.8 Å². The third kappa shape index (κ3) is 4.60. The standard InChI is InChI=1S/C19H20BrFN2O4S/c1-13-2-3-14(10-17(13)21)12-22-19(24)15-4-5-16(20)18(11-15)28(25,26)23-6-8-27-9-7-23/h2-5,10-11H,6-9,12H2,1H3,(H,22,24). The number of hydrogen-bond acceptors (Lipinski definition) is 4. The largest absolute Gasteiger partial charge is 0.379 e. The molecule has 0 spiro atoms. The summed E-state index contributed by atoms with van der Waals surface area (Å²) in [5.41, 5.74) is 1.36. The van der Waals surface area contributed by atoms with Gasteiger partial charge in [-0.05, 0) is 58.2 Å². The number of rotatable bonds is 5. The smallest absolute Gasteiger partial charge is 0.251 e. The molecule has 0 radical (unpaired) electrons. The molecule has 1 aliphatic rings. The lowest BCUT2D eigenvalue weighted by molar-refractivity contribution is 0.0730. The van der Waals surface area contributed by atoms with Crippen LogP contribution in [0, 0.1) is 12.7 Å². The van der Waals surface area contributed by atoms with E-state index in [4.69, 9.17) is 4.74 Å². The van der Waals surface area contributed by atoms with Crippen LogP contribution >= 0.6 is 15.9 Å². The lowest BCUT2D eigenvalue weighted by atomic mass is 10.1. The second-order valence-electron chi connectivity index (χ2n) is 6.43. The topological polar surface area (TPSA) is 75.7 Å². The Bertz CT molecular complexity index is 991. The van der Waals surface area contributed by atoms with Gasteiger partial charge in [-0.3, -0.25) is 4.79 Å². The van der Waals surface area contributed by atoms with Gasteiger partial charge in [-0.15, -0.1) is 0 Å². The molecule has 0 saturated carbocycles. The van der Waals surface area contributed by atoms with Gasteiger partial charge in [0.1, 0.15) is 5.82 Å². The van der Waals surface area contributed by atoms with Crippen molar-refractivity contribution in [1.82, 2.24) is 9.62 Å². The van der Waals surface area contributed by atoms with Gasteiger partial charge in [-0.2, -0.15) is 4.31 Å². The van der Waals surface area contributed by atoms with Gasteiger partial charge in [0.15, 0.2) is 0 Å². The van der Waals surface area contributed by atoms with Gasteiger partial charge in [0.05, 0.1) is 18.1 Å². The van der Waals surface area contributed by atoms with Crippen LogP contribution in [0.1, 0.15) is 21.5 Å². The molecule has 6 nitrogen and oxygen atoms in total. The van der Waals surface area contributed by atoms with Crippen LogP contribution in [0.2, 0.25) is 0 Å². The minimum atomic E-state index is -3.75. The van der Waals surface area contributed by atoms with Crippen molar-refractivity contribution in [2.24, 2.45) is 0 Å². The maximum atomic E-state index is 13.6. The molecule has 28 heavy (non-hydrogen) atoms. The Labute approximate surface area is 171 Å². The molecule has 2 aromatic rings. The zero-order valence-corrected chi connectivity index (χ0v) is 17.6. The zero-order chi connectivity index (χ0) is 20.3. The second kappa shape index (κ2) is 8.69. The molecule has 0 aromatic heterocycles. The monoisotopic (exact) mass is 470 g/mol. The zero-order valence-electron chi connectivity index (χ0n) is 15.2. The minimum absolute atomic E-state index is 0.0310. The Morgan fingerprint density at radius 1 is 1.21 bits per heavy atom. The molecule has 1 amide bonds. The molecular formula is C19H20BrFN2O4S. The summed E-state index contributed by atoms with van der Waals surface area (Å²) in [5, 5.41) is 2.69. The Hall–Kier alpha value is -1.81. The molecule has 1 fully saturated rings. The van der Waals surface area contributed by atoms with Crippen molar-refractivity contribution >= 4 is 31.9 Å². The molecule has 3 rings (SSSR count). The van der Waals surface area contributed by atoms with Crippen LogP contribution < -0.4 is 5.32 Å². The van der Waals surface area contributed by atoms with E-state index in [1.165, 1.54) is 28.6 Å². The molecule has 0 aliphatic carbocycles.